The van der Waals surface area contributed by atoms with Crippen LogP contribution < -0.4 is 0 Å². The molecule has 1 unspecified atom stereocenters. The fraction of sp³-hybridized carbons (Fsp3) is 0.562. The van der Waals surface area contributed by atoms with Gasteiger partial charge in [-0.15, -0.1) is 11.6 Å². The van der Waals surface area contributed by atoms with Gasteiger partial charge in [0.15, 0.2) is 0 Å². The Morgan fingerprint density at radius 2 is 2.00 bits per heavy atom. The zero-order valence-corrected chi connectivity index (χ0v) is 12.7. The number of rotatable bonds is 4. The molecule has 1 aromatic rings. The van der Waals surface area contributed by atoms with E-state index in [1.165, 1.54) is 12.8 Å². The summed E-state index contributed by atoms with van der Waals surface area (Å²) in [4.78, 5) is 14.4. The Balaban J connectivity index is 2.06. The van der Waals surface area contributed by atoms with Crippen molar-refractivity contribution in [1.82, 2.24) is 4.90 Å². The van der Waals surface area contributed by atoms with Gasteiger partial charge in [-0.2, -0.15) is 0 Å². The van der Waals surface area contributed by atoms with Crippen molar-refractivity contribution in [2.24, 2.45) is 0 Å². The molecule has 1 amide bonds. The summed E-state index contributed by atoms with van der Waals surface area (Å²) in [5.74, 6) is 0.0307. The van der Waals surface area contributed by atoms with E-state index in [0.29, 0.717) is 6.61 Å². The van der Waals surface area contributed by atoms with Crippen LogP contribution in [0.2, 0.25) is 0 Å². The van der Waals surface area contributed by atoms with E-state index < -0.39 is 5.38 Å². The van der Waals surface area contributed by atoms with Gasteiger partial charge in [0.2, 0.25) is 5.91 Å². The van der Waals surface area contributed by atoms with Crippen molar-refractivity contribution in [3.8, 4) is 0 Å². The average molecular weight is 296 g/mol. The highest BCUT2D eigenvalue weighted by Gasteiger charge is 2.24. The van der Waals surface area contributed by atoms with Crippen LogP contribution in [-0.2, 0) is 16.1 Å². The molecule has 0 aromatic heterocycles. The standard InChI is InChI=1S/C16H22ClNO2/c1-20-12-13-7-6-8-14(11-13)15(17)16(19)18-9-4-2-3-5-10-18/h6-8,11,15H,2-5,9-10,12H2,1H3. The molecule has 0 aliphatic carbocycles. The quantitative estimate of drug-likeness (QED) is 0.796. The summed E-state index contributed by atoms with van der Waals surface area (Å²) >= 11 is 6.38. The van der Waals surface area contributed by atoms with Crippen molar-refractivity contribution in [3.63, 3.8) is 0 Å². The van der Waals surface area contributed by atoms with E-state index in [1.807, 2.05) is 29.2 Å². The van der Waals surface area contributed by atoms with Gasteiger partial charge >= 0.3 is 0 Å². The normalized spacial score (nSPS) is 17.6. The first kappa shape index (κ1) is 15.3. The first-order chi connectivity index (χ1) is 9.72. The highest BCUT2D eigenvalue weighted by Crippen LogP contribution is 2.25. The third-order valence-corrected chi connectivity index (χ3v) is 4.13. The smallest absolute Gasteiger partial charge is 0.245 e. The lowest BCUT2D eigenvalue weighted by molar-refractivity contribution is -0.130. The summed E-state index contributed by atoms with van der Waals surface area (Å²) in [6, 6.07) is 7.77. The number of likely N-dealkylation sites (tertiary alicyclic amines) is 1. The van der Waals surface area contributed by atoms with Gasteiger partial charge in [-0.3, -0.25) is 4.79 Å². The maximum Gasteiger partial charge on any atom is 0.245 e. The molecule has 0 bridgehead atoms. The van der Waals surface area contributed by atoms with Crippen molar-refractivity contribution in [2.75, 3.05) is 20.2 Å². The lowest BCUT2D eigenvalue weighted by atomic mass is 10.1. The second-order valence-corrected chi connectivity index (χ2v) is 5.72. The van der Waals surface area contributed by atoms with Crippen LogP contribution in [0.4, 0.5) is 0 Å². The number of benzene rings is 1. The Bertz CT molecular complexity index is 442. The number of carbonyl (C=O) groups is 1. The van der Waals surface area contributed by atoms with Gasteiger partial charge in [-0.25, -0.2) is 0 Å². The average Bonchev–Trinajstić information content (AvgIpc) is 2.75. The number of amides is 1. The van der Waals surface area contributed by atoms with Crippen LogP contribution in [0.1, 0.15) is 42.2 Å². The number of methoxy groups -OCH3 is 1. The topological polar surface area (TPSA) is 29.5 Å². The van der Waals surface area contributed by atoms with Crippen molar-refractivity contribution >= 4 is 17.5 Å². The number of ether oxygens (including phenoxy) is 1. The van der Waals surface area contributed by atoms with Crippen LogP contribution in [-0.4, -0.2) is 31.0 Å². The van der Waals surface area contributed by atoms with Gasteiger partial charge in [0.05, 0.1) is 6.61 Å². The summed E-state index contributed by atoms with van der Waals surface area (Å²) in [6.45, 7) is 2.20. The minimum absolute atomic E-state index is 0.0307. The van der Waals surface area contributed by atoms with Gasteiger partial charge in [-0.1, -0.05) is 37.1 Å². The van der Waals surface area contributed by atoms with Crippen LogP contribution in [0, 0.1) is 0 Å². The SMILES string of the molecule is COCc1cccc(C(Cl)C(=O)N2CCCCCC2)c1. The molecule has 2 rings (SSSR count). The van der Waals surface area contributed by atoms with E-state index in [0.717, 1.165) is 37.1 Å². The van der Waals surface area contributed by atoms with E-state index in [4.69, 9.17) is 16.3 Å². The highest BCUT2D eigenvalue weighted by molar-refractivity contribution is 6.30. The molecule has 1 saturated heterocycles. The second kappa shape index (κ2) is 7.65. The van der Waals surface area contributed by atoms with Gasteiger partial charge in [-0.05, 0) is 24.0 Å². The maximum absolute atomic E-state index is 12.5. The van der Waals surface area contributed by atoms with E-state index in [-0.39, 0.29) is 5.91 Å². The van der Waals surface area contributed by atoms with Gasteiger partial charge in [0, 0.05) is 20.2 Å². The summed E-state index contributed by atoms with van der Waals surface area (Å²) in [5.41, 5.74) is 1.90. The van der Waals surface area contributed by atoms with Gasteiger partial charge in [0.1, 0.15) is 5.38 Å². The largest absolute Gasteiger partial charge is 0.380 e. The number of halogens is 1. The molecule has 1 fully saturated rings. The third-order valence-electron chi connectivity index (χ3n) is 3.69. The van der Waals surface area contributed by atoms with E-state index in [9.17, 15) is 4.79 Å². The molecular weight excluding hydrogens is 274 g/mol. The Kier molecular flexibility index (Phi) is 5.86. The molecule has 1 aromatic carbocycles. The molecule has 0 N–H and O–H groups in total. The maximum atomic E-state index is 12.5. The molecule has 110 valence electrons. The molecule has 0 radical (unpaired) electrons. The molecule has 4 heteroatoms. The van der Waals surface area contributed by atoms with Crippen molar-refractivity contribution in [1.29, 1.82) is 0 Å². The molecule has 0 saturated carbocycles. The number of carbonyl (C=O) groups excluding carboxylic acids is 1. The molecule has 1 aliphatic rings. The van der Waals surface area contributed by atoms with Crippen LogP contribution in [0.3, 0.4) is 0 Å². The predicted molar refractivity (Wildman–Crippen MR) is 80.8 cm³/mol. The summed E-state index contributed by atoms with van der Waals surface area (Å²) in [7, 11) is 1.66. The van der Waals surface area contributed by atoms with Crippen molar-refractivity contribution in [3.05, 3.63) is 35.4 Å². The molecule has 3 nitrogen and oxygen atoms in total. The molecule has 1 atom stereocenters. The summed E-state index contributed by atoms with van der Waals surface area (Å²) in [5, 5.41) is -0.593. The van der Waals surface area contributed by atoms with E-state index in [2.05, 4.69) is 0 Å². The lowest BCUT2D eigenvalue weighted by Gasteiger charge is -2.23. The fourth-order valence-electron chi connectivity index (χ4n) is 2.60. The molecular formula is C16H22ClNO2. The first-order valence-corrected chi connectivity index (χ1v) is 7.66. The number of hydrogen-bond acceptors (Lipinski definition) is 2. The van der Waals surface area contributed by atoms with E-state index >= 15 is 0 Å². The highest BCUT2D eigenvalue weighted by atomic mass is 35.5. The van der Waals surface area contributed by atoms with E-state index in [1.54, 1.807) is 7.11 Å². The first-order valence-electron chi connectivity index (χ1n) is 7.23. The molecule has 20 heavy (non-hydrogen) atoms. The van der Waals surface area contributed by atoms with Crippen LogP contribution in [0.5, 0.6) is 0 Å². The fourth-order valence-corrected chi connectivity index (χ4v) is 2.87. The van der Waals surface area contributed by atoms with Crippen LogP contribution in [0.25, 0.3) is 0 Å². The Labute approximate surface area is 125 Å². The zero-order valence-electron chi connectivity index (χ0n) is 12.0. The van der Waals surface area contributed by atoms with Gasteiger partial charge in [0.25, 0.3) is 0 Å². The minimum Gasteiger partial charge on any atom is -0.380 e. The van der Waals surface area contributed by atoms with Crippen LogP contribution in [0.15, 0.2) is 24.3 Å². The molecule has 1 heterocycles. The second-order valence-electron chi connectivity index (χ2n) is 5.28. The monoisotopic (exact) mass is 295 g/mol. The summed E-state index contributed by atoms with van der Waals surface area (Å²) in [6.07, 6.45) is 4.58. The number of nitrogens with zero attached hydrogens (tertiary/aromatic N) is 1. The Morgan fingerprint density at radius 3 is 2.65 bits per heavy atom. The third kappa shape index (κ3) is 3.97. The molecule has 0 spiro atoms. The Morgan fingerprint density at radius 1 is 1.30 bits per heavy atom. The minimum atomic E-state index is -0.593. The molecule has 1 aliphatic heterocycles. The van der Waals surface area contributed by atoms with Gasteiger partial charge < -0.3 is 9.64 Å². The van der Waals surface area contributed by atoms with Crippen LogP contribution >= 0.6 is 11.6 Å². The summed E-state index contributed by atoms with van der Waals surface area (Å²) < 4.78 is 5.12. The lowest BCUT2D eigenvalue weighted by Crippen LogP contribution is -2.34. The zero-order chi connectivity index (χ0) is 14.4. The Hall–Kier alpha value is -1.06. The van der Waals surface area contributed by atoms with Crippen molar-refractivity contribution < 1.29 is 9.53 Å². The number of alkyl halides is 1. The van der Waals surface area contributed by atoms with Crippen molar-refractivity contribution in [2.45, 2.75) is 37.7 Å². The number of hydrogen-bond donors (Lipinski definition) is 0. The predicted octanol–water partition coefficient (Wildman–Crippen LogP) is 3.52.